The normalized spacial score (nSPS) is 14.9. The summed E-state index contributed by atoms with van der Waals surface area (Å²) in [7, 11) is 0. The summed E-state index contributed by atoms with van der Waals surface area (Å²) in [6.45, 7) is 5.63. The van der Waals surface area contributed by atoms with Crippen LogP contribution in [0.1, 0.15) is 18.4 Å². The van der Waals surface area contributed by atoms with Crippen molar-refractivity contribution in [1.82, 2.24) is 4.90 Å². The summed E-state index contributed by atoms with van der Waals surface area (Å²) in [4.78, 5) is 14.3. The van der Waals surface area contributed by atoms with Crippen LogP contribution in [0.25, 0.3) is 11.1 Å². The summed E-state index contributed by atoms with van der Waals surface area (Å²) in [5.41, 5.74) is 4.73. The van der Waals surface area contributed by atoms with Gasteiger partial charge in [-0.2, -0.15) is 0 Å². The van der Waals surface area contributed by atoms with Crippen LogP contribution in [0.5, 0.6) is 0 Å². The van der Waals surface area contributed by atoms with E-state index in [2.05, 4.69) is 43.0 Å². The molecule has 3 rings (SSSR count). The lowest BCUT2D eigenvalue weighted by atomic mass is 10.0. The standard InChI is InChI=1S/C20H21NO/c1-16-11-13-21(14-12-16)20(22)15-17-7-9-19(10-8-17)18-5-3-2-4-6-18/h2-10H,1,11-15H2. The van der Waals surface area contributed by atoms with Crippen LogP contribution in [0, 0.1) is 0 Å². The zero-order valence-corrected chi connectivity index (χ0v) is 12.8. The SMILES string of the molecule is C=C1CCN(C(=O)Cc2ccc(-c3ccccc3)cc2)CC1. The van der Waals surface area contributed by atoms with Crippen molar-refractivity contribution >= 4 is 5.91 Å². The van der Waals surface area contributed by atoms with Gasteiger partial charge in [0, 0.05) is 13.1 Å². The molecule has 2 nitrogen and oxygen atoms in total. The first-order valence-electron chi connectivity index (χ1n) is 7.81. The minimum atomic E-state index is 0.222. The maximum atomic E-state index is 12.3. The zero-order chi connectivity index (χ0) is 15.4. The van der Waals surface area contributed by atoms with E-state index in [9.17, 15) is 4.79 Å². The molecule has 2 heteroatoms. The van der Waals surface area contributed by atoms with Crippen LogP contribution in [-0.4, -0.2) is 23.9 Å². The molecule has 1 aliphatic rings. The third kappa shape index (κ3) is 3.45. The quantitative estimate of drug-likeness (QED) is 0.780. The van der Waals surface area contributed by atoms with Crippen LogP contribution in [0.15, 0.2) is 66.7 Å². The highest BCUT2D eigenvalue weighted by molar-refractivity contribution is 5.79. The number of hydrogen-bond donors (Lipinski definition) is 0. The van der Waals surface area contributed by atoms with Crippen molar-refractivity contribution in [2.75, 3.05) is 13.1 Å². The number of rotatable bonds is 3. The molecule has 0 unspecified atom stereocenters. The van der Waals surface area contributed by atoms with E-state index in [4.69, 9.17) is 0 Å². The molecule has 1 saturated heterocycles. The Morgan fingerprint density at radius 2 is 1.50 bits per heavy atom. The van der Waals surface area contributed by atoms with Crippen LogP contribution in [-0.2, 0) is 11.2 Å². The number of carbonyl (C=O) groups excluding carboxylic acids is 1. The number of likely N-dealkylation sites (tertiary alicyclic amines) is 1. The summed E-state index contributed by atoms with van der Waals surface area (Å²) >= 11 is 0. The van der Waals surface area contributed by atoms with Crippen molar-refractivity contribution in [2.24, 2.45) is 0 Å². The number of nitrogens with zero attached hydrogens (tertiary/aromatic N) is 1. The van der Waals surface area contributed by atoms with Crippen molar-refractivity contribution in [3.05, 3.63) is 72.3 Å². The van der Waals surface area contributed by atoms with E-state index in [1.807, 2.05) is 23.1 Å². The highest BCUT2D eigenvalue weighted by atomic mass is 16.2. The van der Waals surface area contributed by atoms with Gasteiger partial charge in [0.25, 0.3) is 0 Å². The summed E-state index contributed by atoms with van der Waals surface area (Å²) < 4.78 is 0. The minimum Gasteiger partial charge on any atom is -0.342 e. The average Bonchev–Trinajstić information content (AvgIpc) is 2.57. The van der Waals surface area contributed by atoms with Gasteiger partial charge in [0.1, 0.15) is 0 Å². The largest absolute Gasteiger partial charge is 0.342 e. The van der Waals surface area contributed by atoms with E-state index in [0.29, 0.717) is 6.42 Å². The second-order valence-electron chi connectivity index (χ2n) is 5.87. The summed E-state index contributed by atoms with van der Waals surface area (Å²) in [6, 6.07) is 18.6. The van der Waals surface area contributed by atoms with Gasteiger partial charge < -0.3 is 4.90 Å². The molecule has 1 aliphatic heterocycles. The Labute approximate surface area is 132 Å². The molecule has 1 amide bonds. The molecule has 2 aromatic rings. The van der Waals surface area contributed by atoms with Gasteiger partial charge in [-0.1, -0.05) is 66.7 Å². The monoisotopic (exact) mass is 291 g/mol. The fraction of sp³-hybridized carbons (Fsp3) is 0.250. The average molecular weight is 291 g/mol. The molecule has 0 saturated carbocycles. The number of carbonyl (C=O) groups is 1. The molecule has 0 spiro atoms. The Morgan fingerprint density at radius 1 is 0.909 bits per heavy atom. The highest BCUT2D eigenvalue weighted by Crippen LogP contribution is 2.20. The first kappa shape index (κ1) is 14.6. The second-order valence-corrected chi connectivity index (χ2v) is 5.87. The van der Waals surface area contributed by atoms with Gasteiger partial charge in [-0.25, -0.2) is 0 Å². The second kappa shape index (κ2) is 6.61. The van der Waals surface area contributed by atoms with Crippen molar-refractivity contribution < 1.29 is 4.79 Å². The third-order valence-electron chi connectivity index (χ3n) is 4.24. The molecule has 112 valence electrons. The molecule has 2 aromatic carbocycles. The van der Waals surface area contributed by atoms with Gasteiger partial charge in [-0.15, -0.1) is 0 Å². The number of amides is 1. The van der Waals surface area contributed by atoms with Gasteiger partial charge in [-0.3, -0.25) is 4.79 Å². The summed E-state index contributed by atoms with van der Waals surface area (Å²) in [5, 5.41) is 0. The van der Waals surface area contributed by atoms with Gasteiger partial charge in [-0.05, 0) is 29.5 Å². The van der Waals surface area contributed by atoms with Gasteiger partial charge in [0.15, 0.2) is 0 Å². The van der Waals surface area contributed by atoms with Crippen LogP contribution in [0.2, 0.25) is 0 Å². The minimum absolute atomic E-state index is 0.222. The van der Waals surface area contributed by atoms with Gasteiger partial charge >= 0.3 is 0 Å². The summed E-state index contributed by atoms with van der Waals surface area (Å²) in [5.74, 6) is 0.222. The number of piperidine rings is 1. The molecular formula is C20H21NO. The highest BCUT2D eigenvalue weighted by Gasteiger charge is 2.18. The molecule has 0 atom stereocenters. The maximum absolute atomic E-state index is 12.3. The van der Waals surface area contributed by atoms with Crippen LogP contribution in [0.4, 0.5) is 0 Å². The van der Waals surface area contributed by atoms with E-state index in [0.717, 1.165) is 31.5 Å². The fourth-order valence-electron chi connectivity index (χ4n) is 2.80. The summed E-state index contributed by atoms with van der Waals surface area (Å²) in [6.07, 6.45) is 2.37. The Bertz CT molecular complexity index is 648. The number of benzene rings is 2. The molecule has 0 N–H and O–H groups in total. The zero-order valence-electron chi connectivity index (χ0n) is 12.8. The van der Waals surface area contributed by atoms with Gasteiger partial charge in [0.05, 0.1) is 6.42 Å². The lowest BCUT2D eigenvalue weighted by Crippen LogP contribution is -2.37. The van der Waals surface area contributed by atoms with Crippen molar-refractivity contribution in [3.8, 4) is 11.1 Å². The Hall–Kier alpha value is -2.35. The first-order valence-corrected chi connectivity index (χ1v) is 7.81. The lowest BCUT2D eigenvalue weighted by Gasteiger charge is -2.28. The molecule has 1 fully saturated rings. The van der Waals surface area contributed by atoms with E-state index >= 15 is 0 Å². The van der Waals surface area contributed by atoms with Crippen LogP contribution < -0.4 is 0 Å². The first-order chi connectivity index (χ1) is 10.7. The molecule has 1 heterocycles. The van der Waals surface area contributed by atoms with E-state index in [1.165, 1.54) is 16.7 Å². The van der Waals surface area contributed by atoms with Crippen molar-refractivity contribution in [3.63, 3.8) is 0 Å². The predicted molar refractivity (Wildman–Crippen MR) is 90.5 cm³/mol. The molecule has 0 aliphatic carbocycles. The molecule has 22 heavy (non-hydrogen) atoms. The Balaban J connectivity index is 1.64. The topological polar surface area (TPSA) is 20.3 Å². The van der Waals surface area contributed by atoms with Crippen molar-refractivity contribution in [2.45, 2.75) is 19.3 Å². The smallest absolute Gasteiger partial charge is 0.227 e. The lowest BCUT2D eigenvalue weighted by molar-refractivity contribution is -0.130. The van der Waals surface area contributed by atoms with Gasteiger partial charge in [0.2, 0.25) is 5.91 Å². The van der Waals surface area contributed by atoms with Crippen LogP contribution in [0.3, 0.4) is 0 Å². The van der Waals surface area contributed by atoms with E-state index in [1.54, 1.807) is 0 Å². The number of hydrogen-bond acceptors (Lipinski definition) is 1. The van der Waals surface area contributed by atoms with Crippen molar-refractivity contribution in [1.29, 1.82) is 0 Å². The molecule has 0 aromatic heterocycles. The van der Waals surface area contributed by atoms with Crippen LogP contribution >= 0.6 is 0 Å². The maximum Gasteiger partial charge on any atom is 0.227 e. The molecular weight excluding hydrogens is 270 g/mol. The van der Waals surface area contributed by atoms with E-state index < -0.39 is 0 Å². The Morgan fingerprint density at radius 3 is 2.14 bits per heavy atom. The fourth-order valence-corrected chi connectivity index (χ4v) is 2.80. The third-order valence-corrected chi connectivity index (χ3v) is 4.24. The molecule has 0 bridgehead atoms. The Kier molecular flexibility index (Phi) is 4.38. The predicted octanol–water partition coefficient (Wildman–Crippen LogP) is 4.07. The molecule has 0 radical (unpaired) electrons. The van der Waals surface area contributed by atoms with E-state index in [-0.39, 0.29) is 5.91 Å².